The Morgan fingerprint density at radius 3 is 2.27 bits per heavy atom. The van der Waals surface area contributed by atoms with Gasteiger partial charge in [0.2, 0.25) is 0 Å². The van der Waals surface area contributed by atoms with Crippen molar-refractivity contribution in [1.29, 1.82) is 0 Å². The Bertz CT molecular complexity index is 1010. The summed E-state index contributed by atoms with van der Waals surface area (Å²) in [6, 6.07) is 12.0. The summed E-state index contributed by atoms with van der Waals surface area (Å²) < 4.78 is 50.8. The average Bonchev–Trinajstić information content (AvgIpc) is 2.90. The quantitative estimate of drug-likeness (QED) is 0.813. The predicted octanol–water partition coefficient (Wildman–Crippen LogP) is 2.70. The van der Waals surface area contributed by atoms with Crippen molar-refractivity contribution in [3.8, 4) is 0 Å². The highest BCUT2D eigenvalue weighted by atomic mass is 32.2. The van der Waals surface area contributed by atoms with Crippen LogP contribution >= 0.6 is 0 Å². The molecule has 0 amide bonds. The molecule has 1 aliphatic rings. The first-order valence-corrected chi connectivity index (χ1v) is 11.6. The maximum absolute atomic E-state index is 12.6. The first-order valence-electron chi connectivity index (χ1n) is 8.32. The molecule has 1 fully saturated rings. The van der Waals surface area contributed by atoms with E-state index in [0.29, 0.717) is 17.7 Å². The van der Waals surface area contributed by atoms with Crippen LogP contribution in [0.15, 0.2) is 47.4 Å². The zero-order valence-electron chi connectivity index (χ0n) is 14.7. The topological polar surface area (TPSA) is 92.3 Å². The van der Waals surface area contributed by atoms with Crippen molar-refractivity contribution in [2.24, 2.45) is 0 Å². The van der Waals surface area contributed by atoms with Gasteiger partial charge in [-0.2, -0.15) is 0 Å². The maximum atomic E-state index is 12.6. The summed E-state index contributed by atoms with van der Waals surface area (Å²) in [6.07, 6.45) is 0.587. The molecule has 3 rings (SSSR count). The zero-order valence-corrected chi connectivity index (χ0v) is 16.3. The summed E-state index contributed by atoms with van der Waals surface area (Å²) in [5.41, 5.74) is 2.78. The normalized spacial score (nSPS) is 19.2. The molecular formula is C18H22N2O4S2. The fraction of sp³-hybridized carbons (Fsp3) is 0.333. The predicted molar refractivity (Wildman–Crippen MR) is 104 cm³/mol. The van der Waals surface area contributed by atoms with Crippen LogP contribution in [0.5, 0.6) is 0 Å². The SMILES string of the molecule is Cc1ccc(C)c(S(=O)(=O)Nc2ccc(NC3CCS(=O)(=O)C3)cc2)c1. The Balaban J connectivity index is 1.72. The van der Waals surface area contributed by atoms with Gasteiger partial charge < -0.3 is 5.32 Å². The number of sulfone groups is 1. The monoisotopic (exact) mass is 394 g/mol. The minimum atomic E-state index is -3.67. The number of benzene rings is 2. The number of anilines is 2. The van der Waals surface area contributed by atoms with Gasteiger partial charge in [-0.15, -0.1) is 0 Å². The number of rotatable bonds is 5. The lowest BCUT2D eigenvalue weighted by Gasteiger charge is -2.14. The van der Waals surface area contributed by atoms with E-state index < -0.39 is 19.9 Å². The second kappa shape index (κ2) is 6.92. The molecule has 1 atom stereocenters. The van der Waals surface area contributed by atoms with Gasteiger partial charge in [-0.3, -0.25) is 4.72 Å². The Labute approximate surface area is 154 Å². The Morgan fingerprint density at radius 2 is 1.65 bits per heavy atom. The molecule has 0 spiro atoms. The first-order chi connectivity index (χ1) is 12.1. The summed E-state index contributed by atoms with van der Waals surface area (Å²) in [6.45, 7) is 3.61. The molecule has 0 bridgehead atoms. The second-order valence-electron chi connectivity index (χ2n) is 6.70. The van der Waals surface area contributed by atoms with E-state index in [1.54, 1.807) is 43.3 Å². The maximum Gasteiger partial charge on any atom is 0.262 e. The van der Waals surface area contributed by atoms with Gasteiger partial charge >= 0.3 is 0 Å². The number of nitrogens with one attached hydrogen (secondary N) is 2. The van der Waals surface area contributed by atoms with Crippen LogP contribution in [0, 0.1) is 13.8 Å². The van der Waals surface area contributed by atoms with Crippen molar-refractivity contribution in [2.45, 2.75) is 31.2 Å². The van der Waals surface area contributed by atoms with Gasteiger partial charge in [0.05, 0.1) is 16.4 Å². The summed E-state index contributed by atoms with van der Waals surface area (Å²) >= 11 is 0. The molecule has 2 N–H and O–H groups in total. The van der Waals surface area contributed by atoms with Gasteiger partial charge in [-0.1, -0.05) is 12.1 Å². The largest absolute Gasteiger partial charge is 0.381 e. The van der Waals surface area contributed by atoms with E-state index in [1.807, 2.05) is 13.0 Å². The summed E-state index contributed by atoms with van der Waals surface area (Å²) in [7, 11) is -6.61. The first kappa shape index (κ1) is 18.7. The van der Waals surface area contributed by atoms with E-state index in [0.717, 1.165) is 11.3 Å². The molecule has 6 nitrogen and oxygen atoms in total. The third-order valence-corrected chi connectivity index (χ3v) is 7.66. The molecule has 0 aromatic heterocycles. The van der Waals surface area contributed by atoms with Crippen LogP contribution in [0.25, 0.3) is 0 Å². The number of hydrogen-bond donors (Lipinski definition) is 2. The van der Waals surface area contributed by atoms with Crippen molar-refractivity contribution in [3.63, 3.8) is 0 Å². The third kappa shape index (κ3) is 4.37. The van der Waals surface area contributed by atoms with Crippen LogP contribution in [-0.4, -0.2) is 34.4 Å². The minimum absolute atomic E-state index is 0.0996. The molecule has 1 saturated heterocycles. The van der Waals surface area contributed by atoms with E-state index in [-0.39, 0.29) is 22.4 Å². The van der Waals surface area contributed by atoms with E-state index in [1.165, 1.54) is 0 Å². The zero-order chi connectivity index (χ0) is 18.9. The highest BCUT2D eigenvalue weighted by Gasteiger charge is 2.27. The molecule has 1 heterocycles. The van der Waals surface area contributed by atoms with E-state index in [9.17, 15) is 16.8 Å². The van der Waals surface area contributed by atoms with E-state index in [4.69, 9.17) is 0 Å². The number of hydrogen-bond acceptors (Lipinski definition) is 5. The van der Waals surface area contributed by atoms with Crippen LogP contribution in [-0.2, 0) is 19.9 Å². The van der Waals surface area contributed by atoms with Crippen LogP contribution in [0.4, 0.5) is 11.4 Å². The standard InChI is InChI=1S/C18H22N2O4S2/c1-13-3-4-14(2)18(11-13)26(23,24)20-16-7-5-15(6-8-16)19-17-9-10-25(21,22)12-17/h3-8,11,17,19-20H,9-10,12H2,1-2H3. The van der Waals surface area contributed by atoms with E-state index >= 15 is 0 Å². The summed E-state index contributed by atoms with van der Waals surface area (Å²) in [4.78, 5) is 0.260. The molecule has 140 valence electrons. The molecule has 1 unspecified atom stereocenters. The van der Waals surface area contributed by atoms with Gasteiger partial charge in [0.15, 0.2) is 9.84 Å². The molecule has 26 heavy (non-hydrogen) atoms. The lowest BCUT2D eigenvalue weighted by atomic mass is 10.2. The van der Waals surface area contributed by atoms with Crippen molar-refractivity contribution in [3.05, 3.63) is 53.6 Å². The van der Waals surface area contributed by atoms with Crippen molar-refractivity contribution in [2.75, 3.05) is 21.5 Å². The van der Waals surface area contributed by atoms with Crippen molar-refractivity contribution >= 4 is 31.2 Å². The van der Waals surface area contributed by atoms with Crippen molar-refractivity contribution in [1.82, 2.24) is 0 Å². The van der Waals surface area contributed by atoms with Gasteiger partial charge in [0.1, 0.15) is 0 Å². The molecule has 2 aromatic carbocycles. The van der Waals surface area contributed by atoms with Crippen LogP contribution in [0.2, 0.25) is 0 Å². The number of aryl methyl sites for hydroxylation is 2. The molecule has 0 radical (unpaired) electrons. The van der Waals surface area contributed by atoms with Crippen molar-refractivity contribution < 1.29 is 16.8 Å². The van der Waals surface area contributed by atoms with E-state index in [2.05, 4.69) is 10.0 Å². The van der Waals surface area contributed by atoms with Gasteiger partial charge in [0, 0.05) is 17.4 Å². The fourth-order valence-electron chi connectivity index (χ4n) is 2.99. The fourth-order valence-corrected chi connectivity index (χ4v) is 6.05. The lowest BCUT2D eigenvalue weighted by molar-refractivity contribution is 0.599. The Kier molecular flexibility index (Phi) is 4.98. The van der Waals surface area contributed by atoms with Gasteiger partial charge in [-0.25, -0.2) is 16.8 Å². The lowest BCUT2D eigenvalue weighted by Crippen LogP contribution is -2.20. The molecule has 0 saturated carbocycles. The highest BCUT2D eigenvalue weighted by molar-refractivity contribution is 7.92. The molecule has 2 aromatic rings. The number of sulfonamides is 1. The molecular weight excluding hydrogens is 372 g/mol. The molecule has 8 heteroatoms. The highest BCUT2D eigenvalue weighted by Crippen LogP contribution is 2.23. The summed E-state index contributed by atoms with van der Waals surface area (Å²) in [5.74, 6) is 0.340. The van der Waals surface area contributed by atoms with Gasteiger partial charge in [0.25, 0.3) is 10.0 Å². The third-order valence-electron chi connectivity index (χ3n) is 4.37. The molecule has 1 aliphatic heterocycles. The molecule has 0 aliphatic carbocycles. The second-order valence-corrected chi connectivity index (χ2v) is 10.6. The van der Waals surface area contributed by atoms with Crippen LogP contribution in [0.3, 0.4) is 0 Å². The smallest absolute Gasteiger partial charge is 0.262 e. The average molecular weight is 395 g/mol. The Hall–Kier alpha value is -2.06. The van der Waals surface area contributed by atoms with Crippen LogP contribution in [0.1, 0.15) is 17.5 Å². The van der Waals surface area contributed by atoms with Crippen LogP contribution < -0.4 is 10.0 Å². The minimum Gasteiger partial charge on any atom is -0.381 e. The Morgan fingerprint density at radius 1 is 1.00 bits per heavy atom. The van der Waals surface area contributed by atoms with Gasteiger partial charge in [-0.05, 0) is 61.7 Å². The summed E-state index contributed by atoms with van der Waals surface area (Å²) in [5, 5.41) is 3.18.